The number of nitrogens with one attached hydrogen (secondary N) is 2. The number of hydrogen-bond acceptors (Lipinski definition) is 10. The van der Waals surface area contributed by atoms with E-state index in [1.54, 1.807) is 17.9 Å². The lowest BCUT2D eigenvalue weighted by Gasteiger charge is -2.29. The molecule has 5 aromatic rings. The van der Waals surface area contributed by atoms with Gasteiger partial charge in [-0.15, -0.1) is 0 Å². The van der Waals surface area contributed by atoms with Crippen molar-refractivity contribution in [3.05, 3.63) is 76.7 Å². The first-order chi connectivity index (χ1) is 18.7. The van der Waals surface area contributed by atoms with Crippen LogP contribution < -0.4 is 21.1 Å². The van der Waals surface area contributed by atoms with E-state index in [9.17, 15) is 4.79 Å². The summed E-state index contributed by atoms with van der Waals surface area (Å²) < 4.78 is 12.4. The SMILES string of the molecule is COCCn1c(=O)c(Cc2ccc3ncoc3c2)cc2cnc(Nc3ccc(N4CCNCC4)cn3)nc21. The van der Waals surface area contributed by atoms with Crippen molar-refractivity contribution in [2.24, 2.45) is 0 Å². The second-order valence-corrected chi connectivity index (χ2v) is 9.19. The third-order valence-corrected chi connectivity index (χ3v) is 6.68. The van der Waals surface area contributed by atoms with Crippen molar-refractivity contribution in [1.82, 2.24) is 29.8 Å². The van der Waals surface area contributed by atoms with Crippen molar-refractivity contribution < 1.29 is 9.15 Å². The molecule has 38 heavy (non-hydrogen) atoms. The summed E-state index contributed by atoms with van der Waals surface area (Å²) in [5.74, 6) is 1.00. The number of anilines is 3. The zero-order chi connectivity index (χ0) is 25.9. The molecule has 4 aromatic heterocycles. The third kappa shape index (κ3) is 4.93. The highest BCUT2D eigenvalue weighted by atomic mass is 16.5. The van der Waals surface area contributed by atoms with Gasteiger partial charge in [-0.2, -0.15) is 4.98 Å². The molecule has 1 aliphatic heterocycles. The Kier molecular flexibility index (Phi) is 6.67. The van der Waals surface area contributed by atoms with Gasteiger partial charge in [-0.05, 0) is 35.9 Å². The van der Waals surface area contributed by atoms with Gasteiger partial charge in [-0.25, -0.2) is 15.0 Å². The van der Waals surface area contributed by atoms with Gasteiger partial charge in [0.15, 0.2) is 12.0 Å². The summed E-state index contributed by atoms with van der Waals surface area (Å²) in [6.45, 7) is 4.59. The Morgan fingerprint density at radius 3 is 2.79 bits per heavy atom. The Morgan fingerprint density at radius 2 is 1.97 bits per heavy atom. The first-order valence-corrected chi connectivity index (χ1v) is 12.6. The van der Waals surface area contributed by atoms with Gasteiger partial charge >= 0.3 is 0 Å². The van der Waals surface area contributed by atoms with Gasteiger partial charge in [0.2, 0.25) is 5.95 Å². The lowest BCUT2D eigenvalue weighted by molar-refractivity contribution is 0.187. The lowest BCUT2D eigenvalue weighted by Crippen LogP contribution is -2.43. The molecule has 6 rings (SSSR count). The maximum atomic E-state index is 13.5. The van der Waals surface area contributed by atoms with Crippen LogP contribution in [0.5, 0.6) is 0 Å². The van der Waals surface area contributed by atoms with Crippen molar-refractivity contribution in [3.63, 3.8) is 0 Å². The van der Waals surface area contributed by atoms with Crippen LogP contribution in [0.25, 0.3) is 22.1 Å². The molecule has 194 valence electrons. The van der Waals surface area contributed by atoms with Gasteiger partial charge in [-0.1, -0.05) is 6.07 Å². The van der Waals surface area contributed by atoms with Gasteiger partial charge in [0.25, 0.3) is 5.56 Å². The van der Waals surface area contributed by atoms with E-state index in [4.69, 9.17) is 9.15 Å². The van der Waals surface area contributed by atoms with Crippen molar-refractivity contribution in [3.8, 4) is 0 Å². The highest BCUT2D eigenvalue weighted by molar-refractivity contribution is 5.77. The molecule has 1 aliphatic rings. The zero-order valence-electron chi connectivity index (χ0n) is 21.1. The predicted molar refractivity (Wildman–Crippen MR) is 145 cm³/mol. The molecule has 0 amide bonds. The molecule has 1 saturated heterocycles. The molecule has 0 bridgehead atoms. The molecule has 0 aliphatic carbocycles. The Balaban J connectivity index is 1.29. The van der Waals surface area contributed by atoms with E-state index in [0.29, 0.717) is 48.1 Å². The number of pyridine rings is 2. The van der Waals surface area contributed by atoms with Crippen molar-refractivity contribution in [2.45, 2.75) is 13.0 Å². The minimum Gasteiger partial charge on any atom is -0.443 e. The summed E-state index contributed by atoms with van der Waals surface area (Å²) in [4.78, 5) is 33.7. The highest BCUT2D eigenvalue weighted by Crippen LogP contribution is 2.21. The molecule has 0 spiro atoms. The Labute approximate surface area is 218 Å². The van der Waals surface area contributed by atoms with Gasteiger partial charge in [0, 0.05) is 56.9 Å². The number of fused-ring (bicyclic) bond motifs is 2. The Hall–Kier alpha value is -4.35. The van der Waals surface area contributed by atoms with Crippen LogP contribution in [0.3, 0.4) is 0 Å². The van der Waals surface area contributed by atoms with Crippen LogP contribution in [0.15, 0.2) is 64.4 Å². The maximum Gasteiger partial charge on any atom is 0.255 e. The molecule has 11 nitrogen and oxygen atoms in total. The number of nitrogens with zero attached hydrogens (tertiary/aromatic N) is 6. The van der Waals surface area contributed by atoms with Crippen molar-refractivity contribution in [2.75, 3.05) is 50.1 Å². The largest absolute Gasteiger partial charge is 0.443 e. The average molecular weight is 513 g/mol. The van der Waals surface area contributed by atoms with Crippen LogP contribution >= 0.6 is 0 Å². The molecule has 5 heterocycles. The van der Waals surface area contributed by atoms with E-state index in [0.717, 1.165) is 48.3 Å². The van der Waals surface area contributed by atoms with E-state index in [-0.39, 0.29) is 5.56 Å². The monoisotopic (exact) mass is 512 g/mol. The molecule has 0 saturated carbocycles. The smallest absolute Gasteiger partial charge is 0.255 e. The van der Waals surface area contributed by atoms with Crippen LogP contribution in [0.2, 0.25) is 0 Å². The summed E-state index contributed by atoms with van der Waals surface area (Å²) in [5.41, 5.74) is 4.58. The number of aromatic nitrogens is 5. The van der Waals surface area contributed by atoms with E-state index < -0.39 is 0 Å². The first kappa shape index (κ1) is 24.0. The quantitative estimate of drug-likeness (QED) is 0.321. The van der Waals surface area contributed by atoms with Gasteiger partial charge in [0.05, 0.1) is 25.0 Å². The van der Waals surface area contributed by atoms with E-state index in [2.05, 4.69) is 35.5 Å². The normalized spacial score (nSPS) is 13.9. The lowest BCUT2D eigenvalue weighted by atomic mass is 10.0. The van der Waals surface area contributed by atoms with E-state index in [1.807, 2.05) is 42.6 Å². The number of rotatable bonds is 8. The van der Waals surface area contributed by atoms with Crippen LogP contribution in [0.1, 0.15) is 11.1 Å². The fraction of sp³-hybridized carbons (Fsp3) is 0.296. The zero-order valence-corrected chi connectivity index (χ0v) is 21.1. The van der Waals surface area contributed by atoms with Gasteiger partial charge in [0.1, 0.15) is 17.0 Å². The Bertz CT molecular complexity index is 1620. The molecule has 1 aromatic carbocycles. The number of hydrogen-bond donors (Lipinski definition) is 2. The standard InChI is InChI=1S/C27H28N8O3/c1-37-11-10-35-25-20(14-19(26(35)36)12-18-2-4-22-23(13-18)38-17-31-22)15-30-27(33-25)32-24-5-3-21(16-29-24)34-8-6-28-7-9-34/h2-5,13-17,28H,6-12H2,1H3,(H,29,30,32,33). The third-order valence-electron chi connectivity index (χ3n) is 6.68. The number of piperazine rings is 1. The number of ether oxygens (including phenoxy) is 1. The van der Waals surface area contributed by atoms with Crippen LogP contribution in [0, 0.1) is 0 Å². The minimum absolute atomic E-state index is 0.115. The number of benzene rings is 1. The Morgan fingerprint density at radius 1 is 1.08 bits per heavy atom. The number of methoxy groups -OCH3 is 1. The van der Waals surface area contributed by atoms with Crippen molar-refractivity contribution in [1.29, 1.82) is 0 Å². The fourth-order valence-corrected chi connectivity index (χ4v) is 4.71. The fourth-order valence-electron chi connectivity index (χ4n) is 4.71. The van der Waals surface area contributed by atoms with Gasteiger partial charge in [-0.3, -0.25) is 9.36 Å². The molecule has 0 unspecified atom stereocenters. The molecular formula is C27H28N8O3. The van der Waals surface area contributed by atoms with Crippen LogP contribution in [-0.4, -0.2) is 64.4 Å². The number of oxazole rings is 1. The first-order valence-electron chi connectivity index (χ1n) is 12.6. The van der Waals surface area contributed by atoms with E-state index >= 15 is 0 Å². The average Bonchev–Trinajstić information content (AvgIpc) is 3.42. The molecule has 1 fully saturated rings. The molecule has 11 heteroatoms. The van der Waals surface area contributed by atoms with E-state index in [1.165, 1.54) is 6.39 Å². The molecule has 2 N–H and O–H groups in total. The summed E-state index contributed by atoms with van der Waals surface area (Å²) in [6.07, 6.45) is 5.44. The summed E-state index contributed by atoms with van der Waals surface area (Å²) in [6, 6.07) is 11.6. The van der Waals surface area contributed by atoms with Crippen molar-refractivity contribution >= 4 is 39.6 Å². The van der Waals surface area contributed by atoms with Crippen LogP contribution in [-0.2, 0) is 17.7 Å². The second kappa shape index (κ2) is 10.6. The van der Waals surface area contributed by atoms with Gasteiger partial charge < -0.3 is 24.7 Å². The molecule has 0 atom stereocenters. The summed E-state index contributed by atoms with van der Waals surface area (Å²) in [5, 5.41) is 7.29. The summed E-state index contributed by atoms with van der Waals surface area (Å²) >= 11 is 0. The minimum atomic E-state index is -0.115. The van der Waals surface area contributed by atoms with Crippen LogP contribution in [0.4, 0.5) is 17.5 Å². The molecular weight excluding hydrogens is 484 g/mol. The molecule has 0 radical (unpaired) electrons. The maximum absolute atomic E-state index is 13.5. The highest BCUT2D eigenvalue weighted by Gasteiger charge is 2.15. The predicted octanol–water partition coefficient (Wildman–Crippen LogP) is 2.72. The topological polar surface area (TPSA) is 123 Å². The summed E-state index contributed by atoms with van der Waals surface area (Å²) in [7, 11) is 1.61. The second-order valence-electron chi connectivity index (χ2n) is 9.19.